The van der Waals surface area contributed by atoms with E-state index in [1.807, 2.05) is 43.3 Å². The van der Waals surface area contributed by atoms with Crippen LogP contribution in [-0.4, -0.2) is 45.9 Å². The number of carbonyl (C=O) groups excluding carboxylic acids is 1. The molecule has 0 unspecified atom stereocenters. The van der Waals surface area contributed by atoms with Gasteiger partial charge in [-0.05, 0) is 84.2 Å². The van der Waals surface area contributed by atoms with E-state index in [0.29, 0.717) is 29.8 Å². The highest BCUT2D eigenvalue weighted by atomic mass is 16.3. The van der Waals surface area contributed by atoms with Crippen LogP contribution in [0.1, 0.15) is 54.2 Å². The zero-order chi connectivity index (χ0) is 23.4. The van der Waals surface area contributed by atoms with Crippen molar-refractivity contribution in [3.63, 3.8) is 0 Å². The normalized spacial score (nSPS) is 13.2. The van der Waals surface area contributed by atoms with Gasteiger partial charge in [-0.15, -0.1) is 5.10 Å². The Morgan fingerprint density at radius 3 is 2.76 bits per heavy atom. The van der Waals surface area contributed by atoms with Gasteiger partial charge in [0, 0.05) is 25.0 Å². The molecule has 0 radical (unpaired) electrons. The largest absolute Gasteiger partial charge is 0.395 e. The maximum Gasteiger partial charge on any atom is 0.276 e. The summed E-state index contributed by atoms with van der Waals surface area (Å²) in [7, 11) is 0. The molecule has 1 fully saturated rings. The summed E-state index contributed by atoms with van der Waals surface area (Å²) in [5, 5.41) is 20.5. The van der Waals surface area contributed by atoms with Gasteiger partial charge in [-0.2, -0.15) is 5.10 Å². The van der Waals surface area contributed by atoms with Gasteiger partial charge in [-0.25, -0.2) is 4.98 Å². The highest BCUT2D eigenvalue weighted by Gasteiger charge is 2.25. The Bertz CT molecular complexity index is 1130. The van der Waals surface area contributed by atoms with E-state index >= 15 is 0 Å². The zero-order valence-electron chi connectivity index (χ0n) is 19.5. The van der Waals surface area contributed by atoms with Crippen molar-refractivity contribution in [3.05, 3.63) is 65.6 Å². The minimum absolute atomic E-state index is 0.0734. The lowest BCUT2D eigenvalue weighted by Gasteiger charge is -2.25. The van der Waals surface area contributed by atoms with Gasteiger partial charge in [0.1, 0.15) is 5.82 Å². The van der Waals surface area contributed by atoms with Gasteiger partial charge in [-0.1, -0.05) is 19.9 Å². The SMILES string of the molecule is Cc1ccc(NC(=O)c2cc(C3CC3)cnn2)cc1-c1ccnc(N(CCO)CC(C)C)c1. The third-order valence-electron chi connectivity index (χ3n) is 5.79. The van der Waals surface area contributed by atoms with Crippen molar-refractivity contribution in [2.45, 2.75) is 39.5 Å². The zero-order valence-corrected chi connectivity index (χ0v) is 19.5. The number of pyridine rings is 1. The molecule has 2 heterocycles. The number of anilines is 2. The summed E-state index contributed by atoms with van der Waals surface area (Å²) in [5.74, 6) is 1.53. The molecule has 172 valence electrons. The van der Waals surface area contributed by atoms with E-state index < -0.39 is 0 Å². The third kappa shape index (κ3) is 5.73. The van der Waals surface area contributed by atoms with Gasteiger partial charge in [-0.3, -0.25) is 4.79 Å². The van der Waals surface area contributed by atoms with Crippen molar-refractivity contribution in [1.82, 2.24) is 15.2 Å². The van der Waals surface area contributed by atoms with Gasteiger partial charge in [0.2, 0.25) is 0 Å². The minimum Gasteiger partial charge on any atom is -0.395 e. The molecule has 4 rings (SSSR count). The quantitative estimate of drug-likeness (QED) is 0.506. The minimum atomic E-state index is -0.263. The van der Waals surface area contributed by atoms with E-state index in [9.17, 15) is 9.90 Å². The number of hydrogen-bond acceptors (Lipinski definition) is 6. The van der Waals surface area contributed by atoms with Crippen LogP contribution in [0.15, 0.2) is 48.8 Å². The molecule has 0 spiro atoms. The number of nitrogens with zero attached hydrogens (tertiary/aromatic N) is 4. The number of aliphatic hydroxyl groups is 1. The summed E-state index contributed by atoms with van der Waals surface area (Å²) in [4.78, 5) is 19.4. The van der Waals surface area contributed by atoms with E-state index in [-0.39, 0.29) is 12.5 Å². The molecule has 7 nitrogen and oxygen atoms in total. The van der Waals surface area contributed by atoms with Gasteiger partial charge >= 0.3 is 0 Å². The Hall–Kier alpha value is -3.32. The van der Waals surface area contributed by atoms with E-state index in [1.54, 1.807) is 12.4 Å². The molecule has 1 aromatic carbocycles. The van der Waals surface area contributed by atoms with Crippen LogP contribution >= 0.6 is 0 Å². The van der Waals surface area contributed by atoms with Gasteiger partial charge < -0.3 is 15.3 Å². The molecule has 0 aliphatic heterocycles. The summed E-state index contributed by atoms with van der Waals surface area (Å²) in [6.07, 6.45) is 5.83. The lowest BCUT2D eigenvalue weighted by molar-refractivity contribution is 0.102. The first-order chi connectivity index (χ1) is 15.9. The summed E-state index contributed by atoms with van der Waals surface area (Å²) in [6, 6.07) is 11.7. The molecule has 1 saturated carbocycles. The molecular formula is C26H31N5O2. The van der Waals surface area contributed by atoms with Crippen molar-refractivity contribution in [2.24, 2.45) is 5.92 Å². The predicted octanol–water partition coefficient (Wildman–Crippen LogP) is 4.43. The van der Waals surface area contributed by atoms with Crippen molar-refractivity contribution < 1.29 is 9.90 Å². The second kappa shape index (κ2) is 10.1. The smallest absolute Gasteiger partial charge is 0.276 e. The van der Waals surface area contributed by atoms with Gasteiger partial charge in [0.15, 0.2) is 5.69 Å². The Kier molecular flexibility index (Phi) is 6.99. The molecule has 0 atom stereocenters. The molecular weight excluding hydrogens is 414 g/mol. The standard InChI is InChI=1S/C26H31N5O2/c1-17(2)16-31(10-11-32)25-13-20(8-9-27-25)23-14-22(7-4-18(23)3)29-26(33)24-12-21(15-28-30-24)19-5-6-19/h4,7-9,12-15,17,19,32H,5-6,10-11,16H2,1-3H3,(H,29,33). The highest BCUT2D eigenvalue weighted by molar-refractivity contribution is 6.03. The Labute approximate surface area is 194 Å². The van der Waals surface area contributed by atoms with Crippen LogP contribution in [0.3, 0.4) is 0 Å². The number of nitrogens with one attached hydrogen (secondary N) is 1. The fraction of sp³-hybridized carbons (Fsp3) is 0.385. The average Bonchev–Trinajstić information content (AvgIpc) is 3.65. The van der Waals surface area contributed by atoms with Crippen LogP contribution in [-0.2, 0) is 0 Å². The maximum atomic E-state index is 12.8. The number of aryl methyl sites for hydroxylation is 1. The molecule has 33 heavy (non-hydrogen) atoms. The summed E-state index contributed by atoms with van der Waals surface area (Å²) in [5.41, 5.74) is 5.24. The fourth-order valence-corrected chi connectivity index (χ4v) is 3.96. The first kappa shape index (κ1) is 22.9. The van der Waals surface area contributed by atoms with Crippen molar-refractivity contribution in [3.8, 4) is 11.1 Å². The lowest BCUT2D eigenvalue weighted by Crippen LogP contribution is -2.31. The van der Waals surface area contributed by atoms with Crippen molar-refractivity contribution >= 4 is 17.4 Å². The number of benzene rings is 1. The van der Waals surface area contributed by atoms with Crippen molar-refractivity contribution in [2.75, 3.05) is 29.9 Å². The van der Waals surface area contributed by atoms with Crippen LogP contribution in [0.5, 0.6) is 0 Å². The Morgan fingerprint density at radius 1 is 1.21 bits per heavy atom. The Balaban J connectivity index is 1.57. The summed E-state index contributed by atoms with van der Waals surface area (Å²) in [6.45, 7) is 7.76. The highest BCUT2D eigenvalue weighted by Crippen LogP contribution is 2.39. The average molecular weight is 446 g/mol. The molecule has 1 aliphatic rings. The molecule has 2 aromatic heterocycles. The van der Waals surface area contributed by atoms with Gasteiger partial charge in [0.25, 0.3) is 5.91 Å². The number of carbonyl (C=O) groups is 1. The molecule has 7 heteroatoms. The molecule has 0 bridgehead atoms. The van der Waals surface area contributed by atoms with Crippen LogP contribution in [0.4, 0.5) is 11.5 Å². The predicted molar refractivity (Wildman–Crippen MR) is 131 cm³/mol. The first-order valence-corrected chi connectivity index (χ1v) is 11.5. The first-order valence-electron chi connectivity index (χ1n) is 11.5. The topological polar surface area (TPSA) is 91.2 Å². The second-order valence-electron chi connectivity index (χ2n) is 9.10. The molecule has 1 aliphatic carbocycles. The second-order valence-corrected chi connectivity index (χ2v) is 9.10. The van der Waals surface area contributed by atoms with E-state index in [1.165, 1.54) is 0 Å². The summed E-state index contributed by atoms with van der Waals surface area (Å²) < 4.78 is 0. The van der Waals surface area contributed by atoms with Crippen LogP contribution in [0.2, 0.25) is 0 Å². The molecule has 3 aromatic rings. The summed E-state index contributed by atoms with van der Waals surface area (Å²) >= 11 is 0. The van der Waals surface area contributed by atoms with Crippen LogP contribution in [0, 0.1) is 12.8 Å². The molecule has 1 amide bonds. The van der Waals surface area contributed by atoms with Crippen molar-refractivity contribution in [1.29, 1.82) is 0 Å². The monoisotopic (exact) mass is 445 g/mol. The number of aromatic nitrogens is 3. The third-order valence-corrected chi connectivity index (χ3v) is 5.79. The van der Waals surface area contributed by atoms with E-state index in [2.05, 4.69) is 39.2 Å². The fourth-order valence-electron chi connectivity index (χ4n) is 3.96. The van der Waals surface area contributed by atoms with Crippen LogP contribution in [0.25, 0.3) is 11.1 Å². The number of rotatable bonds is 9. The lowest BCUT2D eigenvalue weighted by atomic mass is 10.0. The number of hydrogen-bond donors (Lipinski definition) is 2. The van der Waals surface area contributed by atoms with Crippen LogP contribution < -0.4 is 10.2 Å². The number of aliphatic hydroxyl groups excluding tert-OH is 1. The molecule has 0 saturated heterocycles. The maximum absolute atomic E-state index is 12.8. The molecule has 2 N–H and O–H groups in total. The van der Waals surface area contributed by atoms with E-state index in [4.69, 9.17) is 0 Å². The number of amides is 1. The Morgan fingerprint density at radius 2 is 2.03 bits per heavy atom. The van der Waals surface area contributed by atoms with E-state index in [0.717, 1.165) is 47.5 Å². The van der Waals surface area contributed by atoms with Gasteiger partial charge in [0.05, 0.1) is 12.8 Å².